The average molecular weight is 248 g/mol. The Labute approximate surface area is 99.5 Å². The lowest BCUT2D eigenvalue weighted by atomic mass is 10.4. The second-order valence-corrected chi connectivity index (χ2v) is 6.84. The number of nitrogens with zero attached hydrogens (tertiary/aromatic N) is 1. The van der Waals surface area contributed by atoms with Crippen LogP contribution in [-0.4, -0.2) is 45.2 Å². The summed E-state index contributed by atoms with van der Waals surface area (Å²) >= 11 is 0. The molecule has 5 heteroatoms. The van der Waals surface area contributed by atoms with Gasteiger partial charge in [-0.1, -0.05) is 6.92 Å². The highest BCUT2D eigenvalue weighted by molar-refractivity contribution is 7.89. The van der Waals surface area contributed by atoms with E-state index in [0.29, 0.717) is 18.9 Å². The van der Waals surface area contributed by atoms with Gasteiger partial charge in [0.25, 0.3) is 0 Å². The lowest BCUT2D eigenvalue weighted by Gasteiger charge is -2.16. The van der Waals surface area contributed by atoms with E-state index in [4.69, 9.17) is 0 Å². The van der Waals surface area contributed by atoms with E-state index in [1.54, 1.807) is 7.05 Å². The fourth-order valence-corrected chi connectivity index (χ4v) is 2.87. The van der Waals surface area contributed by atoms with E-state index >= 15 is 0 Å². The summed E-state index contributed by atoms with van der Waals surface area (Å²) in [5, 5.41) is 3.22. The number of sulfonamides is 1. The SMILES string of the molecule is CCCNCCCS(=O)(=O)N(C)CC1CC1. The summed E-state index contributed by atoms with van der Waals surface area (Å²) in [4.78, 5) is 0. The van der Waals surface area contributed by atoms with Crippen molar-refractivity contribution in [3.8, 4) is 0 Å². The van der Waals surface area contributed by atoms with E-state index in [0.717, 1.165) is 19.5 Å². The summed E-state index contributed by atoms with van der Waals surface area (Å²) in [5.74, 6) is 0.894. The lowest BCUT2D eigenvalue weighted by molar-refractivity contribution is 0.451. The maximum Gasteiger partial charge on any atom is 0.213 e. The Kier molecular flexibility index (Phi) is 5.72. The number of hydrogen-bond donors (Lipinski definition) is 1. The topological polar surface area (TPSA) is 49.4 Å². The van der Waals surface area contributed by atoms with Crippen LogP contribution in [0.4, 0.5) is 0 Å². The van der Waals surface area contributed by atoms with Crippen LogP contribution >= 0.6 is 0 Å². The van der Waals surface area contributed by atoms with Crippen molar-refractivity contribution in [2.24, 2.45) is 5.92 Å². The van der Waals surface area contributed by atoms with Gasteiger partial charge in [0, 0.05) is 13.6 Å². The molecular weight excluding hydrogens is 224 g/mol. The molecule has 4 nitrogen and oxygen atoms in total. The van der Waals surface area contributed by atoms with Gasteiger partial charge in [0.05, 0.1) is 5.75 Å². The zero-order chi connectivity index (χ0) is 12.0. The summed E-state index contributed by atoms with van der Waals surface area (Å²) in [6.45, 7) is 4.58. The van der Waals surface area contributed by atoms with E-state index in [9.17, 15) is 8.42 Å². The Morgan fingerprint density at radius 2 is 2.00 bits per heavy atom. The average Bonchev–Trinajstić information content (AvgIpc) is 3.01. The van der Waals surface area contributed by atoms with Gasteiger partial charge in [-0.25, -0.2) is 12.7 Å². The van der Waals surface area contributed by atoms with Gasteiger partial charge >= 0.3 is 0 Å². The van der Waals surface area contributed by atoms with E-state index < -0.39 is 10.0 Å². The molecule has 1 rings (SSSR count). The van der Waals surface area contributed by atoms with Gasteiger partial charge in [0.15, 0.2) is 0 Å². The highest BCUT2D eigenvalue weighted by Gasteiger charge is 2.27. The van der Waals surface area contributed by atoms with Crippen molar-refractivity contribution in [1.29, 1.82) is 0 Å². The van der Waals surface area contributed by atoms with E-state index in [-0.39, 0.29) is 5.75 Å². The van der Waals surface area contributed by atoms with Crippen LogP contribution in [0, 0.1) is 5.92 Å². The highest BCUT2D eigenvalue weighted by atomic mass is 32.2. The normalized spacial score (nSPS) is 16.9. The molecule has 1 fully saturated rings. The summed E-state index contributed by atoms with van der Waals surface area (Å²) in [5.41, 5.74) is 0. The monoisotopic (exact) mass is 248 g/mol. The summed E-state index contributed by atoms with van der Waals surface area (Å²) in [6, 6.07) is 0. The molecule has 1 aliphatic rings. The van der Waals surface area contributed by atoms with Crippen LogP contribution in [0.5, 0.6) is 0 Å². The molecule has 96 valence electrons. The van der Waals surface area contributed by atoms with Crippen molar-refractivity contribution in [3.05, 3.63) is 0 Å². The first-order valence-corrected chi connectivity index (χ1v) is 7.82. The largest absolute Gasteiger partial charge is 0.317 e. The molecule has 0 heterocycles. The molecule has 1 N–H and O–H groups in total. The molecule has 1 saturated carbocycles. The fourth-order valence-electron chi connectivity index (χ4n) is 1.61. The molecule has 1 aliphatic carbocycles. The third kappa shape index (κ3) is 5.27. The molecule has 0 bridgehead atoms. The summed E-state index contributed by atoms with van der Waals surface area (Å²) < 4.78 is 25.2. The molecule has 0 aromatic heterocycles. The first-order chi connectivity index (χ1) is 7.56. The molecule has 0 unspecified atom stereocenters. The van der Waals surface area contributed by atoms with Crippen molar-refractivity contribution >= 4 is 10.0 Å². The third-order valence-electron chi connectivity index (χ3n) is 2.87. The predicted octanol–water partition coefficient (Wildman–Crippen LogP) is 1.05. The van der Waals surface area contributed by atoms with Gasteiger partial charge in [-0.15, -0.1) is 0 Å². The van der Waals surface area contributed by atoms with Gasteiger partial charge in [-0.3, -0.25) is 0 Å². The Hall–Kier alpha value is -0.130. The minimum absolute atomic E-state index is 0.271. The maximum atomic E-state index is 11.8. The number of hydrogen-bond acceptors (Lipinski definition) is 3. The van der Waals surface area contributed by atoms with E-state index in [1.807, 2.05) is 0 Å². The molecule has 0 aliphatic heterocycles. The van der Waals surface area contributed by atoms with Crippen LogP contribution < -0.4 is 5.32 Å². The standard InChI is InChI=1S/C11H24N2O2S/c1-3-7-12-8-4-9-16(14,15)13(2)10-11-5-6-11/h11-12H,3-10H2,1-2H3. The second-order valence-electron chi connectivity index (χ2n) is 4.64. The predicted molar refractivity (Wildman–Crippen MR) is 66.9 cm³/mol. The minimum atomic E-state index is -3.01. The smallest absolute Gasteiger partial charge is 0.213 e. The zero-order valence-corrected chi connectivity index (χ0v) is 11.2. The number of nitrogens with one attached hydrogen (secondary N) is 1. The van der Waals surface area contributed by atoms with Crippen molar-refractivity contribution in [2.45, 2.75) is 32.6 Å². The third-order valence-corrected chi connectivity index (χ3v) is 4.77. The van der Waals surface area contributed by atoms with Crippen molar-refractivity contribution < 1.29 is 8.42 Å². The molecule has 0 amide bonds. The molecular formula is C11H24N2O2S. The molecule has 0 atom stereocenters. The first kappa shape index (κ1) is 13.9. The highest BCUT2D eigenvalue weighted by Crippen LogP contribution is 2.30. The number of rotatable bonds is 9. The summed E-state index contributed by atoms with van der Waals surface area (Å²) in [6.07, 6.45) is 4.18. The first-order valence-electron chi connectivity index (χ1n) is 6.21. The Balaban J connectivity index is 2.16. The van der Waals surface area contributed by atoms with Gasteiger partial charge in [0.1, 0.15) is 0 Å². The van der Waals surface area contributed by atoms with Crippen molar-refractivity contribution in [3.63, 3.8) is 0 Å². The maximum absolute atomic E-state index is 11.8. The molecule has 0 spiro atoms. The quantitative estimate of drug-likeness (QED) is 0.620. The van der Waals surface area contributed by atoms with Gasteiger partial charge in [0.2, 0.25) is 10.0 Å². The molecule has 0 saturated heterocycles. The summed E-state index contributed by atoms with van der Waals surface area (Å²) in [7, 11) is -1.31. The zero-order valence-electron chi connectivity index (χ0n) is 10.4. The molecule has 16 heavy (non-hydrogen) atoms. The van der Waals surface area contributed by atoms with Crippen LogP contribution in [0.1, 0.15) is 32.6 Å². The van der Waals surface area contributed by atoms with Gasteiger partial charge < -0.3 is 5.32 Å². The van der Waals surface area contributed by atoms with Crippen molar-refractivity contribution in [1.82, 2.24) is 9.62 Å². The lowest BCUT2D eigenvalue weighted by Crippen LogP contribution is -2.32. The molecule has 0 aromatic rings. The van der Waals surface area contributed by atoms with E-state index in [1.165, 1.54) is 17.1 Å². The van der Waals surface area contributed by atoms with Crippen LogP contribution in [-0.2, 0) is 10.0 Å². The second kappa shape index (κ2) is 6.57. The van der Waals surface area contributed by atoms with Crippen LogP contribution in [0.15, 0.2) is 0 Å². The fraction of sp³-hybridized carbons (Fsp3) is 1.00. The molecule has 0 radical (unpaired) electrons. The van der Waals surface area contributed by atoms with Crippen LogP contribution in [0.25, 0.3) is 0 Å². The molecule has 0 aromatic carbocycles. The van der Waals surface area contributed by atoms with Gasteiger partial charge in [-0.2, -0.15) is 0 Å². The van der Waals surface area contributed by atoms with E-state index in [2.05, 4.69) is 12.2 Å². The van der Waals surface area contributed by atoms with Crippen LogP contribution in [0.2, 0.25) is 0 Å². The van der Waals surface area contributed by atoms with Crippen molar-refractivity contribution in [2.75, 3.05) is 32.4 Å². The van der Waals surface area contributed by atoms with Crippen LogP contribution in [0.3, 0.4) is 0 Å². The Morgan fingerprint density at radius 3 is 2.56 bits per heavy atom. The minimum Gasteiger partial charge on any atom is -0.317 e. The Morgan fingerprint density at radius 1 is 1.31 bits per heavy atom. The Bertz CT molecular complexity index is 286. The van der Waals surface area contributed by atoms with Gasteiger partial charge in [-0.05, 0) is 44.7 Å².